The largest absolute Gasteiger partial charge is 0.467 e. The van der Waals surface area contributed by atoms with Crippen molar-refractivity contribution in [2.24, 2.45) is 0 Å². The van der Waals surface area contributed by atoms with Crippen LogP contribution in [0.3, 0.4) is 0 Å². The van der Waals surface area contributed by atoms with Crippen LogP contribution in [0, 0.1) is 13.8 Å². The van der Waals surface area contributed by atoms with Crippen molar-refractivity contribution in [1.82, 2.24) is 10.2 Å². The summed E-state index contributed by atoms with van der Waals surface area (Å²) in [6.07, 6.45) is 5.03. The molecule has 0 unspecified atom stereocenters. The molecule has 0 saturated heterocycles. The average molecular weight is 360 g/mol. The van der Waals surface area contributed by atoms with Crippen LogP contribution in [-0.4, -0.2) is 29.8 Å². The van der Waals surface area contributed by atoms with Gasteiger partial charge in [0.15, 0.2) is 0 Å². The van der Waals surface area contributed by atoms with Gasteiger partial charge in [-0.3, -0.25) is 9.59 Å². The summed E-state index contributed by atoms with van der Waals surface area (Å²) in [5.74, 6) is 1.76. The quantitative estimate of drug-likeness (QED) is 0.653. The number of carbonyl (C=O) groups is 2. The van der Waals surface area contributed by atoms with Crippen LogP contribution in [0.4, 0.5) is 0 Å². The van der Waals surface area contributed by atoms with Crippen LogP contribution in [0.1, 0.15) is 60.2 Å². The third-order valence-corrected chi connectivity index (χ3v) is 4.20. The van der Waals surface area contributed by atoms with Crippen molar-refractivity contribution in [2.45, 2.75) is 53.0 Å². The van der Waals surface area contributed by atoms with Crippen LogP contribution in [0.2, 0.25) is 0 Å². The maximum atomic E-state index is 12.9. The van der Waals surface area contributed by atoms with Gasteiger partial charge in [0.1, 0.15) is 17.3 Å². The Balaban J connectivity index is 1.98. The molecule has 0 bridgehead atoms. The lowest BCUT2D eigenvalue weighted by Gasteiger charge is -2.21. The lowest BCUT2D eigenvalue weighted by atomic mass is 10.2. The summed E-state index contributed by atoms with van der Waals surface area (Å²) in [6.45, 7) is 7.02. The van der Waals surface area contributed by atoms with Crippen LogP contribution in [0.5, 0.6) is 0 Å². The van der Waals surface area contributed by atoms with E-state index in [2.05, 4.69) is 12.2 Å². The van der Waals surface area contributed by atoms with Crippen molar-refractivity contribution >= 4 is 11.8 Å². The van der Waals surface area contributed by atoms with E-state index in [0.717, 1.165) is 19.3 Å². The van der Waals surface area contributed by atoms with Gasteiger partial charge in [-0.15, -0.1) is 0 Å². The molecule has 0 saturated carbocycles. The molecule has 2 heterocycles. The highest BCUT2D eigenvalue weighted by Gasteiger charge is 2.22. The highest BCUT2D eigenvalue weighted by molar-refractivity contribution is 5.95. The second-order valence-corrected chi connectivity index (χ2v) is 6.44. The molecule has 0 aliphatic rings. The van der Waals surface area contributed by atoms with Crippen LogP contribution < -0.4 is 5.32 Å². The number of furan rings is 2. The molecule has 2 amide bonds. The first-order valence-corrected chi connectivity index (χ1v) is 9.16. The molecule has 0 aromatic carbocycles. The minimum atomic E-state index is -0.158. The number of carbonyl (C=O) groups excluding carboxylic acids is 2. The van der Waals surface area contributed by atoms with Crippen LogP contribution in [0.25, 0.3) is 0 Å². The van der Waals surface area contributed by atoms with Crippen molar-refractivity contribution in [3.05, 3.63) is 47.3 Å². The molecule has 142 valence electrons. The summed E-state index contributed by atoms with van der Waals surface area (Å²) in [7, 11) is 0. The summed E-state index contributed by atoms with van der Waals surface area (Å²) in [6, 6.07) is 5.34. The second-order valence-electron chi connectivity index (χ2n) is 6.44. The maximum Gasteiger partial charge on any atom is 0.257 e. The van der Waals surface area contributed by atoms with E-state index >= 15 is 0 Å². The van der Waals surface area contributed by atoms with E-state index in [1.54, 1.807) is 30.2 Å². The van der Waals surface area contributed by atoms with Gasteiger partial charge in [0.25, 0.3) is 5.91 Å². The Morgan fingerprint density at radius 2 is 2.04 bits per heavy atom. The standard InChI is InChI=1S/C20H28N2O4/c1-4-5-6-10-21-19(23)9-11-22(14-17-8-7-12-25-17)20(24)18-13-15(2)26-16(18)3/h7-8,12-13H,4-6,9-11,14H2,1-3H3,(H,21,23). The van der Waals surface area contributed by atoms with Gasteiger partial charge in [0.05, 0.1) is 18.4 Å². The first kappa shape index (κ1) is 19.8. The highest BCUT2D eigenvalue weighted by Crippen LogP contribution is 2.18. The van der Waals surface area contributed by atoms with Crippen molar-refractivity contribution in [3.8, 4) is 0 Å². The maximum absolute atomic E-state index is 12.9. The monoisotopic (exact) mass is 360 g/mol. The Kier molecular flexibility index (Phi) is 7.51. The molecule has 0 atom stereocenters. The molecule has 2 aromatic rings. The third-order valence-electron chi connectivity index (χ3n) is 4.20. The van der Waals surface area contributed by atoms with Crippen LogP contribution in [-0.2, 0) is 11.3 Å². The predicted octanol–water partition coefficient (Wildman–Crippen LogP) is 3.83. The molecule has 0 aliphatic heterocycles. The fraction of sp³-hybridized carbons (Fsp3) is 0.500. The third kappa shape index (κ3) is 5.79. The minimum absolute atomic E-state index is 0.0431. The van der Waals surface area contributed by atoms with Gasteiger partial charge in [-0.05, 0) is 38.5 Å². The smallest absolute Gasteiger partial charge is 0.257 e. The van der Waals surface area contributed by atoms with Gasteiger partial charge in [-0.25, -0.2) is 0 Å². The van der Waals surface area contributed by atoms with Crippen molar-refractivity contribution < 1.29 is 18.4 Å². The first-order chi connectivity index (χ1) is 12.5. The van der Waals surface area contributed by atoms with Crippen molar-refractivity contribution in [1.29, 1.82) is 0 Å². The summed E-state index contributed by atoms with van der Waals surface area (Å²) >= 11 is 0. The molecule has 1 N–H and O–H groups in total. The fourth-order valence-corrected chi connectivity index (χ4v) is 2.78. The SMILES string of the molecule is CCCCCNC(=O)CCN(Cc1ccco1)C(=O)c1cc(C)oc1C. The number of hydrogen-bond acceptors (Lipinski definition) is 4. The van der Waals surface area contributed by atoms with Crippen LogP contribution in [0.15, 0.2) is 33.3 Å². The van der Waals surface area contributed by atoms with E-state index in [9.17, 15) is 9.59 Å². The summed E-state index contributed by atoms with van der Waals surface area (Å²) in [4.78, 5) is 26.6. The average Bonchev–Trinajstić information content (AvgIpc) is 3.24. The first-order valence-electron chi connectivity index (χ1n) is 9.16. The molecule has 26 heavy (non-hydrogen) atoms. The zero-order valence-corrected chi connectivity index (χ0v) is 15.8. The Labute approximate surface area is 154 Å². The van der Waals surface area contributed by atoms with Gasteiger partial charge in [0.2, 0.25) is 5.91 Å². The molecule has 2 aromatic heterocycles. The Hall–Kier alpha value is -2.50. The Morgan fingerprint density at radius 3 is 2.65 bits per heavy atom. The number of nitrogens with one attached hydrogen (secondary N) is 1. The number of aryl methyl sites for hydroxylation is 2. The molecule has 2 rings (SSSR count). The van der Waals surface area contributed by atoms with E-state index in [4.69, 9.17) is 8.83 Å². The number of nitrogens with zero attached hydrogens (tertiary/aromatic N) is 1. The lowest BCUT2D eigenvalue weighted by Crippen LogP contribution is -2.35. The van der Waals surface area contributed by atoms with Gasteiger partial charge in [-0.2, -0.15) is 0 Å². The van der Waals surface area contributed by atoms with Crippen molar-refractivity contribution in [2.75, 3.05) is 13.1 Å². The van der Waals surface area contributed by atoms with E-state index in [0.29, 0.717) is 42.5 Å². The fourth-order valence-electron chi connectivity index (χ4n) is 2.78. The number of amides is 2. The number of rotatable bonds is 10. The lowest BCUT2D eigenvalue weighted by molar-refractivity contribution is -0.121. The van der Waals surface area contributed by atoms with E-state index in [-0.39, 0.29) is 18.2 Å². The molecule has 0 fully saturated rings. The van der Waals surface area contributed by atoms with Gasteiger partial charge < -0.3 is 19.1 Å². The van der Waals surface area contributed by atoms with Crippen molar-refractivity contribution in [3.63, 3.8) is 0 Å². The molecule has 6 heteroatoms. The Bertz CT molecular complexity index is 703. The molecular formula is C20H28N2O4. The summed E-state index contributed by atoms with van der Waals surface area (Å²) in [5.41, 5.74) is 0.525. The number of unbranched alkanes of at least 4 members (excludes halogenated alkanes) is 2. The topological polar surface area (TPSA) is 75.7 Å². The molecule has 0 aliphatic carbocycles. The second kappa shape index (κ2) is 9.85. The number of hydrogen-bond donors (Lipinski definition) is 1. The minimum Gasteiger partial charge on any atom is -0.467 e. The van der Waals surface area contributed by atoms with Gasteiger partial charge in [0, 0.05) is 19.5 Å². The summed E-state index contributed by atoms with van der Waals surface area (Å²) < 4.78 is 10.8. The zero-order chi connectivity index (χ0) is 18.9. The Morgan fingerprint density at radius 1 is 1.23 bits per heavy atom. The molecular weight excluding hydrogens is 332 g/mol. The molecule has 0 spiro atoms. The van der Waals surface area contributed by atoms with Gasteiger partial charge >= 0.3 is 0 Å². The van der Waals surface area contributed by atoms with E-state index in [1.807, 2.05) is 13.0 Å². The summed E-state index contributed by atoms with van der Waals surface area (Å²) in [5, 5.41) is 2.91. The zero-order valence-electron chi connectivity index (χ0n) is 15.8. The normalized spacial score (nSPS) is 10.7. The highest BCUT2D eigenvalue weighted by atomic mass is 16.3. The molecule has 6 nitrogen and oxygen atoms in total. The van der Waals surface area contributed by atoms with Crippen LogP contribution >= 0.6 is 0 Å². The molecule has 0 radical (unpaired) electrons. The predicted molar refractivity (Wildman–Crippen MR) is 98.8 cm³/mol. The van der Waals surface area contributed by atoms with E-state index in [1.165, 1.54) is 0 Å². The van der Waals surface area contributed by atoms with Gasteiger partial charge in [-0.1, -0.05) is 19.8 Å². The van der Waals surface area contributed by atoms with E-state index < -0.39 is 0 Å².